The molecule has 1 heterocycles. The van der Waals surface area contributed by atoms with E-state index in [2.05, 4.69) is 42.5 Å². The predicted octanol–water partition coefficient (Wildman–Crippen LogP) is -3.05. The fourth-order valence-corrected chi connectivity index (χ4v) is 9.21. The average molecular weight is 1120 g/mol. The van der Waals surface area contributed by atoms with Gasteiger partial charge in [0.2, 0.25) is 47.3 Å². The first-order chi connectivity index (χ1) is 37.4. The molecule has 26 heteroatoms. The average Bonchev–Trinajstić information content (AvgIpc) is 3.38. The van der Waals surface area contributed by atoms with Gasteiger partial charge in [-0.25, -0.2) is 0 Å². The van der Waals surface area contributed by atoms with Gasteiger partial charge in [-0.1, -0.05) is 53.4 Å². The van der Waals surface area contributed by atoms with Gasteiger partial charge in [0.15, 0.2) is 11.6 Å². The van der Waals surface area contributed by atoms with E-state index in [0.29, 0.717) is 12.8 Å². The fraction of sp³-hybridized carbons (Fsp3) is 0.792. The zero-order chi connectivity index (χ0) is 59.8. The quantitative estimate of drug-likeness (QED) is 0.0318. The maximum Gasteiger partial charge on any atom is 0.245 e. The maximum absolute atomic E-state index is 14.4. The molecular formula is C53H97N13O13. The van der Waals surface area contributed by atoms with E-state index in [9.17, 15) is 63.0 Å². The van der Waals surface area contributed by atoms with E-state index in [1.807, 2.05) is 20.8 Å². The summed E-state index contributed by atoms with van der Waals surface area (Å²) < 4.78 is 0. The summed E-state index contributed by atoms with van der Waals surface area (Å²) in [5, 5.41) is 42.1. The molecule has 0 unspecified atom stereocenters. The summed E-state index contributed by atoms with van der Waals surface area (Å²) in [4.78, 5) is 153. The molecule has 0 aromatic carbocycles. The molecule has 1 rings (SSSR count). The van der Waals surface area contributed by atoms with E-state index in [4.69, 9.17) is 28.7 Å². The monoisotopic (exact) mass is 1120 g/mol. The minimum absolute atomic E-state index is 0.0637. The van der Waals surface area contributed by atoms with Gasteiger partial charge < -0.3 is 81.4 Å². The predicted molar refractivity (Wildman–Crippen MR) is 295 cm³/mol. The number of amides is 8. The van der Waals surface area contributed by atoms with Crippen molar-refractivity contribution in [1.82, 2.24) is 42.5 Å². The van der Waals surface area contributed by atoms with Crippen molar-refractivity contribution in [2.75, 3.05) is 39.3 Å². The second-order valence-corrected chi connectivity index (χ2v) is 21.1. The molecule has 1 fully saturated rings. The molecule has 20 N–H and O–H groups in total. The zero-order valence-corrected chi connectivity index (χ0v) is 47.5. The second kappa shape index (κ2) is 39.0. The van der Waals surface area contributed by atoms with Gasteiger partial charge in [-0.05, 0) is 110 Å². The van der Waals surface area contributed by atoms with Gasteiger partial charge in [0, 0.05) is 50.0 Å². The third kappa shape index (κ3) is 26.5. The van der Waals surface area contributed by atoms with Crippen molar-refractivity contribution in [1.29, 1.82) is 0 Å². The summed E-state index contributed by atoms with van der Waals surface area (Å²) in [6.07, 6.45) is -0.476. The highest BCUT2D eigenvalue weighted by molar-refractivity contribution is 5.99. The van der Waals surface area contributed by atoms with E-state index in [1.54, 1.807) is 6.92 Å². The highest BCUT2D eigenvalue weighted by atomic mass is 16.3. The highest BCUT2D eigenvalue weighted by Gasteiger charge is 2.37. The van der Waals surface area contributed by atoms with Crippen molar-refractivity contribution in [2.24, 2.45) is 52.3 Å². The van der Waals surface area contributed by atoms with Crippen molar-refractivity contribution < 1.29 is 63.0 Å². The third-order valence-electron chi connectivity index (χ3n) is 13.7. The first-order valence-corrected chi connectivity index (χ1v) is 28.3. The number of aliphatic hydroxyl groups is 2. The molecular weight excluding hydrogens is 1030 g/mol. The van der Waals surface area contributed by atoms with Crippen LogP contribution in [-0.2, 0) is 52.7 Å². The molecule has 0 aromatic rings. The van der Waals surface area contributed by atoms with Crippen LogP contribution in [0.1, 0.15) is 151 Å². The topological polar surface area (TPSA) is 455 Å². The Balaban J connectivity index is 3.82. The molecule has 0 spiro atoms. The fourth-order valence-electron chi connectivity index (χ4n) is 9.21. The van der Waals surface area contributed by atoms with Crippen LogP contribution in [0.4, 0.5) is 0 Å². The van der Waals surface area contributed by atoms with Crippen molar-refractivity contribution in [3.05, 3.63) is 0 Å². The van der Waals surface area contributed by atoms with E-state index >= 15 is 0 Å². The second-order valence-electron chi connectivity index (χ2n) is 21.1. The Bertz CT molecular complexity index is 1980. The van der Waals surface area contributed by atoms with Gasteiger partial charge in [-0.2, -0.15) is 0 Å². The largest absolute Gasteiger partial charge is 0.391 e. The zero-order valence-electron chi connectivity index (χ0n) is 47.5. The van der Waals surface area contributed by atoms with Crippen molar-refractivity contribution in [2.45, 2.75) is 205 Å². The molecule has 1 aliphatic heterocycles. The molecule has 79 heavy (non-hydrogen) atoms. The number of Topliss-reactive ketones (excluding diaryl/α,β-unsaturated/α-hetero) is 3. The van der Waals surface area contributed by atoms with Gasteiger partial charge in [0.25, 0.3) is 0 Å². The molecule has 0 aromatic heterocycles. The van der Waals surface area contributed by atoms with Crippen LogP contribution in [0.15, 0.2) is 0 Å². The van der Waals surface area contributed by atoms with Crippen LogP contribution in [0.25, 0.3) is 0 Å². The minimum Gasteiger partial charge on any atom is -0.391 e. The van der Waals surface area contributed by atoms with Gasteiger partial charge in [0.1, 0.15) is 42.0 Å². The van der Waals surface area contributed by atoms with Crippen LogP contribution in [0.3, 0.4) is 0 Å². The van der Waals surface area contributed by atoms with Crippen LogP contribution in [0.2, 0.25) is 0 Å². The maximum atomic E-state index is 14.4. The number of unbranched alkanes of at least 4 members (excludes halogenated alkanes) is 3. The number of carbonyl (C=O) groups excluding carboxylic acids is 11. The number of aliphatic hydroxyl groups excluding tert-OH is 2. The minimum atomic E-state index is -1.65. The van der Waals surface area contributed by atoms with Crippen LogP contribution < -0.4 is 71.2 Å². The van der Waals surface area contributed by atoms with Crippen molar-refractivity contribution >= 4 is 64.6 Å². The van der Waals surface area contributed by atoms with Gasteiger partial charge in [-0.3, -0.25) is 52.7 Å². The SMILES string of the molecule is CCCCCCC(=O)C[C@@H](CCN)C(=O)N[C@H](C(=O)C[C@@H](CCN)C(=O)N[C@H]1CCNC(=O)[C@H]([C@@H](C)O)NC(=O)[C@H](CCN)NC(=O)[C@H](CCN)NC(=O)[C@H](CCC)NC(=O)[C@@H](CC(C)C)CC(=O)[C@H](CCN)NC1=O)[C@@H](C)O. The Morgan fingerprint density at radius 2 is 1.11 bits per heavy atom. The Morgan fingerprint density at radius 1 is 0.595 bits per heavy atom. The third-order valence-corrected chi connectivity index (χ3v) is 13.7. The van der Waals surface area contributed by atoms with Gasteiger partial charge in [0.05, 0.1) is 18.2 Å². The number of hydrogen-bond acceptors (Lipinski definition) is 18. The Hall–Kier alpha value is -5.51. The first kappa shape index (κ1) is 71.5. The summed E-state index contributed by atoms with van der Waals surface area (Å²) in [7, 11) is 0. The van der Waals surface area contributed by atoms with Crippen LogP contribution in [0.5, 0.6) is 0 Å². The lowest BCUT2D eigenvalue weighted by molar-refractivity contribution is -0.137. The molecule has 26 nitrogen and oxygen atoms in total. The number of ketones is 3. The summed E-state index contributed by atoms with van der Waals surface area (Å²) in [5.41, 5.74) is 29.3. The lowest BCUT2D eigenvalue weighted by atomic mass is 9.88. The number of hydrogen-bond donors (Lipinski definition) is 15. The molecule has 0 saturated carbocycles. The van der Waals surface area contributed by atoms with Crippen molar-refractivity contribution in [3.8, 4) is 0 Å². The number of nitrogens with one attached hydrogen (secondary N) is 8. The number of carbonyl (C=O) groups is 11. The normalized spacial score (nSPS) is 23.6. The van der Waals surface area contributed by atoms with Crippen molar-refractivity contribution in [3.63, 3.8) is 0 Å². The lowest BCUT2D eigenvalue weighted by Gasteiger charge is -2.28. The summed E-state index contributed by atoms with van der Waals surface area (Å²) in [6, 6.07) is -9.95. The Kier molecular flexibility index (Phi) is 35.3. The molecule has 8 amide bonds. The molecule has 0 radical (unpaired) electrons. The molecule has 1 saturated heterocycles. The van der Waals surface area contributed by atoms with Crippen LogP contribution in [0, 0.1) is 23.7 Å². The molecule has 0 aliphatic carbocycles. The van der Waals surface area contributed by atoms with E-state index in [-0.39, 0.29) is 102 Å². The molecule has 1 aliphatic rings. The van der Waals surface area contributed by atoms with Crippen LogP contribution >= 0.6 is 0 Å². The smallest absolute Gasteiger partial charge is 0.245 e. The highest BCUT2D eigenvalue weighted by Crippen LogP contribution is 2.20. The molecule has 0 bridgehead atoms. The summed E-state index contributed by atoms with van der Waals surface area (Å²) in [6.45, 7) is 9.14. The molecule has 12 atom stereocenters. The van der Waals surface area contributed by atoms with E-state index < -0.39 is 157 Å². The molecule has 452 valence electrons. The summed E-state index contributed by atoms with van der Waals surface area (Å²) >= 11 is 0. The van der Waals surface area contributed by atoms with E-state index in [1.165, 1.54) is 13.8 Å². The van der Waals surface area contributed by atoms with Gasteiger partial charge >= 0.3 is 0 Å². The Morgan fingerprint density at radius 3 is 1.62 bits per heavy atom. The number of rotatable bonds is 30. The van der Waals surface area contributed by atoms with E-state index in [0.717, 1.165) is 19.3 Å². The first-order valence-electron chi connectivity index (χ1n) is 28.3. The standard InChI is InChI=1S/C53H97N13O13/c1-7-9-10-11-13-36(69)27-33(14-20-54)47(73)65-44(31(5)67)43(71)28-34(15-21-55)46(72)62-41-19-25-59-53(79)45(32(6)68)66-52(78)40(18-24-58)64-50(76)39(17-23-57)63-49(75)38(12-8-2)61-48(74)35(26-30(3)4)29-42(70)37(16-22-56)60-51(41)77/h30-35,37-41,44-45,67-68H,7-29,54-58H2,1-6H3,(H,59,79)(H,60,77)(H,61,74)(H,62,72)(H,63,75)(H,64,76)(H,65,73)(H,66,78)/t31-,32-,33-,34-,35+,37+,38+,39+,40+,41+,44+,45+/m1/s1. The summed E-state index contributed by atoms with van der Waals surface area (Å²) in [5.74, 6) is -11.5. The van der Waals surface area contributed by atoms with Gasteiger partial charge in [-0.15, -0.1) is 0 Å². The van der Waals surface area contributed by atoms with Crippen LogP contribution in [-0.4, -0.2) is 169 Å². The lowest BCUT2D eigenvalue weighted by Crippen LogP contribution is -2.60. The Labute approximate surface area is 465 Å². The number of nitrogens with two attached hydrogens (primary N) is 5.